The molecule has 0 aliphatic rings. The summed E-state index contributed by atoms with van der Waals surface area (Å²) in [5, 5.41) is 6.56. The van der Waals surface area contributed by atoms with Crippen LogP contribution in [-0.4, -0.2) is 14.5 Å². The van der Waals surface area contributed by atoms with Gasteiger partial charge in [0.25, 0.3) is 0 Å². The largest absolute Gasteiger partial charge is 0.456 e. The lowest BCUT2D eigenvalue weighted by molar-refractivity contribution is 0.669. The van der Waals surface area contributed by atoms with E-state index in [0.717, 1.165) is 99.4 Å². The van der Waals surface area contributed by atoms with Crippen molar-refractivity contribution in [3.05, 3.63) is 164 Å². The minimum absolute atomic E-state index is 0.640. The maximum absolute atomic E-state index is 6.57. The Morgan fingerprint density at radius 3 is 1.92 bits per heavy atom. The van der Waals surface area contributed by atoms with Crippen molar-refractivity contribution in [1.29, 1.82) is 0 Å². The number of nitrogens with zero attached hydrogens (tertiary/aromatic N) is 3. The zero-order valence-corrected chi connectivity index (χ0v) is 27.2. The van der Waals surface area contributed by atoms with Gasteiger partial charge in [0.05, 0.1) is 22.1 Å². The van der Waals surface area contributed by atoms with Gasteiger partial charge in [-0.1, -0.05) is 109 Å². The van der Waals surface area contributed by atoms with E-state index < -0.39 is 0 Å². The van der Waals surface area contributed by atoms with Crippen LogP contribution in [0.15, 0.2) is 173 Å². The van der Waals surface area contributed by atoms with Crippen molar-refractivity contribution in [2.24, 2.45) is 0 Å². The Labute approximate surface area is 291 Å². The summed E-state index contributed by atoms with van der Waals surface area (Å²) in [5.41, 5.74) is 10.4. The molecule has 7 aromatic carbocycles. The Morgan fingerprint density at radius 1 is 0.392 bits per heavy atom. The summed E-state index contributed by atoms with van der Waals surface area (Å²) in [6.07, 6.45) is 0. The summed E-state index contributed by atoms with van der Waals surface area (Å²) in [6, 6.07) is 56.6. The van der Waals surface area contributed by atoms with E-state index in [0.29, 0.717) is 5.82 Å². The average Bonchev–Trinajstić information content (AvgIpc) is 3.87. The maximum atomic E-state index is 6.57. The highest BCUT2D eigenvalue weighted by Gasteiger charge is 2.21. The molecule has 0 spiro atoms. The molecule has 4 aromatic heterocycles. The lowest BCUT2D eigenvalue weighted by Crippen LogP contribution is -2.02. The van der Waals surface area contributed by atoms with E-state index in [1.807, 2.05) is 36.4 Å². The minimum Gasteiger partial charge on any atom is -0.456 e. The van der Waals surface area contributed by atoms with Crippen molar-refractivity contribution in [3.63, 3.8) is 0 Å². The van der Waals surface area contributed by atoms with Gasteiger partial charge in [0, 0.05) is 44.1 Å². The van der Waals surface area contributed by atoms with E-state index in [1.165, 1.54) is 0 Å². The van der Waals surface area contributed by atoms with Gasteiger partial charge >= 0.3 is 0 Å². The highest BCUT2D eigenvalue weighted by atomic mass is 16.3. The fraction of sp³-hybridized carbons (Fsp3) is 0. The fourth-order valence-electron chi connectivity index (χ4n) is 7.66. The smallest absolute Gasteiger partial charge is 0.162 e. The van der Waals surface area contributed by atoms with Crippen LogP contribution in [0.25, 0.3) is 105 Å². The molecule has 0 aliphatic heterocycles. The zero-order chi connectivity index (χ0) is 33.5. The first-order valence-electron chi connectivity index (χ1n) is 17.1. The predicted octanol–water partition coefficient (Wildman–Crippen LogP) is 12.4. The summed E-state index contributed by atoms with van der Waals surface area (Å²) in [6.45, 7) is 0. The van der Waals surface area contributed by atoms with Crippen LogP contribution in [0.1, 0.15) is 0 Å². The van der Waals surface area contributed by atoms with E-state index in [2.05, 4.69) is 132 Å². The molecule has 0 bridgehead atoms. The molecule has 0 unspecified atom stereocenters. The van der Waals surface area contributed by atoms with Crippen molar-refractivity contribution in [1.82, 2.24) is 14.5 Å². The number of rotatable bonds is 4. The third-order valence-corrected chi connectivity index (χ3v) is 10.0. The Bertz CT molecular complexity index is 3150. The first kappa shape index (κ1) is 27.9. The Kier molecular flexibility index (Phi) is 5.89. The summed E-state index contributed by atoms with van der Waals surface area (Å²) in [5.74, 6) is 1.41. The van der Waals surface area contributed by atoms with Crippen LogP contribution in [0.4, 0.5) is 0 Å². The normalized spacial score (nSPS) is 11.9. The van der Waals surface area contributed by atoms with Crippen LogP contribution >= 0.6 is 0 Å². The molecule has 0 atom stereocenters. The van der Waals surface area contributed by atoms with E-state index in [4.69, 9.17) is 18.8 Å². The second-order valence-corrected chi connectivity index (χ2v) is 13.0. The van der Waals surface area contributed by atoms with Gasteiger partial charge in [0.2, 0.25) is 0 Å². The second kappa shape index (κ2) is 10.8. The van der Waals surface area contributed by atoms with E-state index >= 15 is 0 Å². The van der Waals surface area contributed by atoms with Crippen molar-refractivity contribution >= 4 is 65.7 Å². The van der Waals surface area contributed by atoms with Crippen LogP contribution in [0.2, 0.25) is 0 Å². The van der Waals surface area contributed by atoms with Gasteiger partial charge in [-0.3, -0.25) is 4.57 Å². The molecular weight excluding hydrogens is 627 g/mol. The van der Waals surface area contributed by atoms with Crippen LogP contribution in [0.5, 0.6) is 0 Å². The molecule has 238 valence electrons. The van der Waals surface area contributed by atoms with Crippen molar-refractivity contribution in [2.45, 2.75) is 0 Å². The Morgan fingerprint density at radius 2 is 1.06 bits per heavy atom. The molecule has 4 heterocycles. The molecule has 0 saturated heterocycles. The van der Waals surface area contributed by atoms with E-state index in [9.17, 15) is 0 Å². The SMILES string of the molecule is c1ccc(-c2cccc(-c3nc(-c4ccc5c(c4)oc4ccccc45)cc(-n4c5ccccc5c5c6oc7ccccc7c6ccc54)n3)c2)cc1. The standard InChI is InChI=1S/C46H27N3O2/c1-2-11-28(12-3-1)29-13-10-14-31(25-29)46-47-37(30-21-22-34-32-15-5-8-19-40(32)50-42(34)26-30)27-43(48-46)49-38-18-7-4-17-36(38)44-39(49)24-23-35-33-16-6-9-20-41(33)51-45(35)44/h1-27H. The third kappa shape index (κ3) is 4.28. The number of para-hydroxylation sites is 3. The average molecular weight is 654 g/mol. The Balaban J connectivity index is 1.19. The molecule has 5 nitrogen and oxygen atoms in total. The molecule has 0 aliphatic carbocycles. The van der Waals surface area contributed by atoms with Crippen LogP contribution in [0.3, 0.4) is 0 Å². The third-order valence-electron chi connectivity index (χ3n) is 10.0. The molecule has 5 heteroatoms. The topological polar surface area (TPSA) is 57.0 Å². The van der Waals surface area contributed by atoms with Crippen LogP contribution < -0.4 is 0 Å². The molecule has 0 radical (unpaired) electrons. The molecule has 11 rings (SSSR count). The van der Waals surface area contributed by atoms with E-state index in [1.54, 1.807) is 0 Å². The number of benzene rings is 7. The molecule has 0 amide bonds. The van der Waals surface area contributed by atoms with Crippen molar-refractivity contribution in [3.8, 4) is 39.6 Å². The van der Waals surface area contributed by atoms with Crippen molar-refractivity contribution in [2.75, 3.05) is 0 Å². The van der Waals surface area contributed by atoms with Gasteiger partial charge < -0.3 is 8.83 Å². The lowest BCUT2D eigenvalue weighted by Gasteiger charge is -2.13. The first-order chi connectivity index (χ1) is 25.3. The summed E-state index contributed by atoms with van der Waals surface area (Å²) in [7, 11) is 0. The van der Waals surface area contributed by atoms with Gasteiger partial charge in [-0.15, -0.1) is 0 Å². The monoisotopic (exact) mass is 653 g/mol. The summed E-state index contributed by atoms with van der Waals surface area (Å²) >= 11 is 0. The highest BCUT2D eigenvalue weighted by molar-refractivity contribution is 6.23. The van der Waals surface area contributed by atoms with E-state index in [-0.39, 0.29) is 0 Å². The molecule has 0 saturated carbocycles. The van der Waals surface area contributed by atoms with Crippen LogP contribution in [-0.2, 0) is 0 Å². The molecule has 0 fully saturated rings. The van der Waals surface area contributed by atoms with Gasteiger partial charge in [0.15, 0.2) is 5.82 Å². The quantitative estimate of drug-likeness (QED) is 0.190. The van der Waals surface area contributed by atoms with Gasteiger partial charge in [-0.25, -0.2) is 9.97 Å². The number of hydrogen-bond donors (Lipinski definition) is 0. The fourth-order valence-corrected chi connectivity index (χ4v) is 7.66. The Hall–Kier alpha value is -6.98. The van der Waals surface area contributed by atoms with Gasteiger partial charge in [-0.2, -0.15) is 0 Å². The molecule has 0 N–H and O–H groups in total. The van der Waals surface area contributed by atoms with Gasteiger partial charge in [-0.05, 0) is 59.7 Å². The van der Waals surface area contributed by atoms with Crippen LogP contribution in [0, 0.1) is 0 Å². The highest BCUT2D eigenvalue weighted by Crippen LogP contribution is 2.41. The zero-order valence-electron chi connectivity index (χ0n) is 27.2. The number of fused-ring (bicyclic) bond motifs is 10. The first-order valence-corrected chi connectivity index (χ1v) is 17.1. The summed E-state index contributed by atoms with van der Waals surface area (Å²) in [4.78, 5) is 10.6. The number of aromatic nitrogens is 3. The van der Waals surface area contributed by atoms with Crippen molar-refractivity contribution < 1.29 is 8.83 Å². The molecule has 51 heavy (non-hydrogen) atoms. The summed E-state index contributed by atoms with van der Waals surface area (Å²) < 4.78 is 15.1. The minimum atomic E-state index is 0.640. The number of furan rings is 2. The lowest BCUT2D eigenvalue weighted by atomic mass is 10.0. The number of hydrogen-bond acceptors (Lipinski definition) is 4. The second-order valence-electron chi connectivity index (χ2n) is 13.0. The molecular formula is C46H27N3O2. The van der Waals surface area contributed by atoms with Gasteiger partial charge in [0.1, 0.15) is 28.1 Å². The molecule has 11 aromatic rings. The maximum Gasteiger partial charge on any atom is 0.162 e. The predicted molar refractivity (Wildman–Crippen MR) is 207 cm³/mol.